The van der Waals surface area contributed by atoms with E-state index >= 15 is 0 Å². The zero-order chi connectivity index (χ0) is 9.84. The van der Waals surface area contributed by atoms with E-state index in [4.69, 9.17) is 16.7 Å². The van der Waals surface area contributed by atoms with Gasteiger partial charge in [0.05, 0.1) is 17.7 Å². The van der Waals surface area contributed by atoms with Crippen LogP contribution in [-0.4, -0.2) is 18.8 Å². The molecule has 0 radical (unpaired) electrons. The van der Waals surface area contributed by atoms with Crippen LogP contribution in [0.1, 0.15) is 11.6 Å². The molecular formula is C9H11ClFNO. The highest BCUT2D eigenvalue weighted by atomic mass is 35.5. The Morgan fingerprint density at radius 3 is 2.85 bits per heavy atom. The first-order chi connectivity index (χ1) is 6.20. The standard InChI is InChI=1S/C9H11ClFNO/c1-12-8(5-13)6-3-2-4-7(10)9(6)11/h2-4,8,12-13H,5H2,1H3. The fourth-order valence-electron chi connectivity index (χ4n) is 1.13. The van der Waals surface area contributed by atoms with E-state index in [0.29, 0.717) is 5.56 Å². The maximum Gasteiger partial charge on any atom is 0.146 e. The lowest BCUT2D eigenvalue weighted by Crippen LogP contribution is -2.21. The van der Waals surface area contributed by atoms with Crippen LogP contribution in [0.25, 0.3) is 0 Å². The van der Waals surface area contributed by atoms with Crippen molar-refractivity contribution in [1.82, 2.24) is 5.32 Å². The fraction of sp³-hybridized carbons (Fsp3) is 0.333. The van der Waals surface area contributed by atoms with Crippen molar-refractivity contribution in [1.29, 1.82) is 0 Å². The molecular weight excluding hydrogens is 193 g/mol. The van der Waals surface area contributed by atoms with Crippen molar-refractivity contribution in [3.8, 4) is 0 Å². The third-order valence-corrected chi connectivity index (χ3v) is 2.18. The monoisotopic (exact) mass is 203 g/mol. The lowest BCUT2D eigenvalue weighted by atomic mass is 10.1. The van der Waals surface area contributed by atoms with Crippen LogP contribution in [0.2, 0.25) is 5.02 Å². The fourth-order valence-corrected chi connectivity index (χ4v) is 1.32. The molecule has 0 spiro atoms. The molecule has 2 N–H and O–H groups in total. The number of hydrogen-bond donors (Lipinski definition) is 2. The van der Waals surface area contributed by atoms with Gasteiger partial charge in [-0.25, -0.2) is 4.39 Å². The molecule has 0 aromatic heterocycles. The number of rotatable bonds is 3. The summed E-state index contributed by atoms with van der Waals surface area (Å²) in [6, 6.07) is 4.32. The van der Waals surface area contributed by atoms with E-state index < -0.39 is 11.9 Å². The van der Waals surface area contributed by atoms with Gasteiger partial charge in [-0.3, -0.25) is 0 Å². The Balaban J connectivity index is 3.05. The van der Waals surface area contributed by atoms with Crippen LogP contribution in [0, 0.1) is 5.82 Å². The van der Waals surface area contributed by atoms with Crippen molar-refractivity contribution in [3.05, 3.63) is 34.6 Å². The predicted molar refractivity (Wildman–Crippen MR) is 50.3 cm³/mol. The molecule has 0 saturated carbocycles. The number of aliphatic hydroxyl groups is 1. The quantitative estimate of drug-likeness (QED) is 0.784. The lowest BCUT2D eigenvalue weighted by molar-refractivity contribution is 0.248. The van der Waals surface area contributed by atoms with Crippen molar-refractivity contribution in [3.63, 3.8) is 0 Å². The molecule has 72 valence electrons. The Hall–Kier alpha value is -0.640. The minimum Gasteiger partial charge on any atom is -0.394 e. The minimum absolute atomic E-state index is 0.0752. The molecule has 0 heterocycles. The largest absolute Gasteiger partial charge is 0.394 e. The molecule has 4 heteroatoms. The molecule has 1 aromatic rings. The topological polar surface area (TPSA) is 32.3 Å². The highest BCUT2D eigenvalue weighted by molar-refractivity contribution is 6.30. The van der Waals surface area contributed by atoms with E-state index in [0.717, 1.165) is 0 Å². The van der Waals surface area contributed by atoms with Crippen molar-refractivity contribution >= 4 is 11.6 Å². The van der Waals surface area contributed by atoms with Crippen molar-refractivity contribution in [2.24, 2.45) is 0 Å². The van der Waals surface area contributed by atoms with Gasteiger partial charge in [0.25, 0.3) is 0 Å². The first kappa shape index (κ1) is 10.4. The summed E-state index contributed by atoms with van der Waals surface area (Å²) in [6.07, 6.45) is 0. The Bertz CT molecular complexity index is 289. The summed E-state index contributed by atoms with van der Waals surface area (Å²) >= 11 is 5.59. The summed E-state index contributed by atoms with van der Waals surface area (Å²) < 4.78 is 13.3. The maximum absolute atomic E-state index is 13.3. The first-order valence-electron chi connectivity index (χ1n) is 3.92. The molecule has 0 amide bonds. The number of benzene rings is 1. The van der Waals surface area contributed by atoms with Crippen molar-refractivity contribution < 1.29 is 9.50 Å². The van der Waals surface area contributed by atoms with Gasteiger partial charge in [0.1, 0.15) is 5.82 Å². The molecule has 0 saturated heterocycles. The van der Waals surface area contributed by atoms with Crippen LogP contribution in [0.15, 0.2) is 18.2 Å². The Kier molecular flexibility index (Phi) is 3.66. The Morgan fingerprint density at radius 2 is 2.31 bits per heavy atom. The van der Waals surface area contributed by atoms with Crippen LogP contribution in [0.3, 0.4) is 0 Å². The van der Waals surface area contributed by atoms with Crippen molar-refractivity contribution in [2.75, 3.05) is 13.7 Å². The van der Waals surface area contributed by atoms with Crippen LogP contribution >= 0.6 is 11.6 Å². The Labute approximate surface area is 81.3 Å². The molecule has 1 unspecified atom stereocenters. The van der Waals surface area contributed by atoms with Gasteiger partial charge in [-0.1, -0.05) is 23.7 Å². The highest BCUT2D eigenvalue weighted by Gasteiger charge is 2.14. The molecule has 13 heavy (non-hydrogen) atoms. The van der Waals surface area contributed by atoms with E-state index in [1.807, 2.05) is 0 Å². The van der Waals surface area contributed by atoms with Crippen molar-refractivity contribution in [2.45, 2.75) is 6.04 Å². The van der Waals surface area contributed by atoms with Crippen LogP contribution in [0.5, 0.6) is 0 Å². The molecule has 0 aliphatic rings. The summed E-state index contributed by atoms with van der Waals surface area (Å²) in [5.41, 5.74) is 0.387. The molecule has 0 bridgehead atoms. The predicted octanol–water partition coefficient (Wildman–Crippen LogP) is 1.73. The van der Waals surface area contributed by atoms with E-state index in [9.17, 15) is 4.39 Å². The zero-order valence-corrected chi connectivity index (χ0v) is 7.98. The summed E-state index contributed by atoms with van der Waals surface area (Å²) in [5, 5.41) is 11.8. The van der Waals surface area contributed by atoms with Crippen LogP contribution < -0.4 is 5.32 Å². The summed E-state index contributed by atoms with van der Waals surface area (Å²) in [4.78, 5) is 0. The Morgan fingerprint density at radius 1 is 1.62 bits per heavy atom. The third-order valence-electron chi connectivity index (χ3n) is 1.89. The van der Waals surface area contributed by atoms with Gasteiger partial charge in [0, 0.05) is 5.56 Å². The second-order valence-electron chi connectivity index (χ2n) is 2.67. The minimum atomic E-state index is -0.474. The first-order valence-corrected chi connectivity index (χ1v) is 4.30. The van der Waals surface area contributed by atoms with E-state index in [1.165, 1.54) is 6.07 Å². The molecule has 1 atom stereocenters. The number of aliphatic hydroxyl groups excluding tert-OH is 1. The molecule has 1 rings (SSSR count). The number of likely N-dealkylation sites (N-methyl/N-ethyl adjacent to an activating group) is 1. The van der Waals surface area contributed by atoms with E-state index in [-0.39, 0.29) is 11.6 Å². The van der Waals surface area contributed by atoms with Gasteiger partial charge < -0.3 is 10.4 Å². The maximum atomic E-state index is 13.3. The average molecular weight is 204 g/mol. The van der Waals surface area contributed by atoms with E-state index in [2.05, 4.69) is 5.32 Å². The van der Waals surface area contributed by atoms with Crippen LogP contribution in [-0.2, 0) is 0 Å². The number of halogens is 2. The second-order valence-corrected chi connectivity index (χ2v) is 3.07. The smallest absolute Gasteiger partial charge is 0.146 e. The number of hydrogen-bond acceptors (Lipinski definition) is 2. The third kappa shape index (κ3) is 2.18. The summed E-state index contributed by atoms with van der Waals surface area (Å²) in [6.45, 7) is -0.159. The zero-order valence-electron chi connectivity index (χ0n) is 7.22. The van der Waals surface area contributed by atoms with Gasteiger partial charge in [0.2, 0.25) is 0 Å². The molecule has 0 aliphatic carbocycles. The SMILES string of the molecule is CNC(CO)c1cccc(Cl)c1F. The van der Waals surface area contributed by atoms with Gasteiger partial charge >= 0.3 is 0 Å². The van der Waals surface area contributed by atoms with Gasteiger partial charge in [-0.2, -0.15) is 0 Å². The summed E-state index contributed by atoms with van der Waals surface area (Å²) in [5.74, 6) is -0.474. The molecule has 0 fully saturated rings. The highest BCUT2D eigenvalue weighted by Crippen LogP contribution is 2.22. The molecule has 1 aromatic carbocycles. The van der Waals surface area contributed by atoms with Gasteiger partial charge in [-0.05, 0) is 13.1 Å². The lowest BCUT2D eigenvalue weighted by Gasteiger charge is -2.14. The van der Waals surface area contributed by atoms with Gasteiger partial charge in [-0.15, -0.1) is 0 Å². The summed E-state index contributed by atoms with van der Waals surface area (Å²) in [7, 11) is 1.65. The second kappa shape index (κ2) is 4.56. The average Bonchev–Trinajstić information content (AvgIpc) is 2.14. The van der Waals surface area contributed by atoms with Crippen LogP contribution in [0.4, 0.5) is 4.39 Å². The molecule has 0 aliphatic heterocycles. The number of nitrogens with one attached hydrogen (secondary N) is 1. The van der Waals surface area contributed by atoms with E-state index in [1.54, 1.807) is 19.2 Å². The van der Waals surface area contributed by atoms with Gasteiger partial charge in [0.15, 0.2) is 0 Å². The normalized spacial score (nSPS) is 12.9. The molecule has 2 nitrogen and oxygen atoms in total.